The van der Waals surface area contributed by atoms with Gasteiger partial charge in [-0.25, -0.2) is 9.97 Å². The minimum absolute atomic E-state index is 0.904. The van der Waals surface area contributed by atoms with Gasteiger partial charge < -0.3 is 4.57 Å². The molecule has 10 rings (SSSR count). The summed E-state index contributed by atoms with van der Waals surface area (Å²) in [6, 6.07) is 47.9. The molecule has 5 aromatic heterocycles. The first kappa shape index (κ1) is 27.0. The standard InChI is InChI=1S/C43H31N5/c1-2-12-28-20-25-39(45-27-28)48-42-30(21-23-36-40(42)32-15-6-8-17-34(32)46(36)29-13-4-3-5-14-29)31-22-24-37-41(43(31)48)33-16-7-9-18-35(33)47(37)38-19-10-11-26-44-38/h3-11,13-27H,2,12H2,1H3. The third kappa shape index (κ3) is 3.73. The molecule has 0 aliphatic carbocycles. The zero-order valence-electron chi connectivity index (χ0n) is 26.5. The molecule has 0 saturated heterocycles. The smallest absolute Gasteiger partial charge is 0.137 e. The molecule has 0 unspecified atom stereocenters. The lowest BCUT2D eigenvalue weighted by atomic mass is 10.1. The highest BCUT2D eigenvalue weighted by molar-refractivity contribution is 6.31. The summed E-state index contributed by atoms with van der Waals surface area (Å²) < 4.78 is 7.12. The van der Waals surface area contributed by atoms with Crippen LogP contribution < -0.4 is 0 Å². The van der Waals surface area contributed by atoms with Crippen molar-refractivity contribution < 1.29 is 0 Å². The number of para-hydroxylation sites is 3. The molecular formula is C43H31N5. The Morgan fingerprint density at radius 2 is 1.06 bits per heavy atom. The zero-order chi connectivity index (χ0) is 31.8. The Bertz CT molecular complexity index is 2650. The first-order chi connectivity index (χ1) is 23.8. The van der Waals surface area contributed by atoms with Crippen molar-refractivity contribution in [2.24, 2.45) is 0 Å². The molecule has 0 saturated carbocycles. The molecule has 10 aromatic rings. The van der Waals surface area contributed by atoms with Gasteiger partial charge in [-0.3, -0.25) is 9.13 Å². The normalized spacial score (nSPS) is 12.0. The summed E-state index contributed by atoms with van der Waals surface area (Å²) in [6.45, 7) is 2.22. The maximum absolute atomic E-state index is 5.18. The Morgan fingerprint density at radius 3 is 1.69 bits per heavy atom. The highest BCUT2D eigenvalue weighted by Crippen LogP contribution is 2.45. The van der Waals surface area contributed by atoms with E-state index in [0.29, 0.717) is 0 Å². The lowest BCUT2D eigenvalue weighted by molar-refractivity contribution is 0.909. The van der Waals surface area contributed by atoms with E-state index in [-0.39, 0.29) is 0 Å². The molecule has 0 radical (unpaired) electrons. The summed E-state index contributed by atoms with van der Waals surface area (Å²) in [4.78, 5) is 9.98. The molecule has 48 heavy (non-hydrogen) atoms. The predicted molar refractivity (Wildman–Crippen MR) is 199 cm³/mol. The first-order valence-corrected chi connectivity index (χ1v) is 16.7. The number of pyridine rings is 2. The van der Waals surface area contributed by atoms with Crippen LogP contribution in [0.2, 0.25) is 0 Å². The molecule has 0 fully saturated rings. The summed E-state index contributed by atoms with van der Waals surface area (Å²) in [6.07, 6.45) is 6.02. The molecular weight excluding hydrogens is 587 g/mol. The molecule has 5 heterocycles. The number of rotatable bonds is 5. The van der Waals surface area contributed by atoms with Gasteiger partial charge >= 0.3 is 0 Å². The number of aromatic nitrogens is 5. The van der Waals surface area contributed by atoms with Crippen molar-refractivity contribution in [1.82, 2.24) is 23.7 Å². The van der Waals surface area contributed by atoms with Crippen LogP contribution in [0, 0.1) is 0 Å². The minimum Gasteiger partial charge on any atom is -0.309 e. The van der Waals surface area contributed by atoms with Gasteiger partial charge in [0, 0.05) is 50.4 Å². The van der Waals surface area contributed by atoms with Crippen LogP contribution in [0.15, 0.2) is 146 Å². The Kier molecular flexibility index (Phi) is 5.85. The first-order valence-electron chi connectivity index (χ1n) is 16.7. The maximum atomic E-state index is 5.18. The highest BCUT2D eigenvalue weighted by atomic mass is 15.1. The van der Waals surface area contributed by atoms with Gasteiger partial charge in [0.05, 0.1) is 33.1 Å². The largest absolute Gasteiger partial charge is 0.309 e. The van der Waals surface area contributed by atoms with Gasteiger partial charge in [0.15, 0.2) is 0 Å². The van der Waals surface area contributed by atoms with Crippen LogP contribution in [0.25, 0.3) is 82.7 Å². The van der Waals surface area contributed by atoms with Gasteiger partial charge in [-0.15, -0.1) is 0 Å². The summed E-state index contributed by atoms with van der Waals surface area (Å²) >= 11 is 0. The maximum Gasteiger partial charge on any atom is 0.137 e. The lowest BCUT2D eigenvalue weighted by Crippen LogP contribution is -1.99. The molecule has 228 valence electrons. The number of hydrogen-bond acceptors (Lipinski definition) is 2. The highest BCUT2D eigenvalue weighted by Gasteiger charge is 2.25. The second-order valence-electron chi connectivity index (χ2n) is 12.6. The number of hydrogen-bond donors (Lipinski definition) is 0. The van der Waals surface area contributed by atoms with Crippen LogP contribution in [0.1, 0.15) is 18.9 Å². The van der Waals surface area contributed by atoms with E-state index in [0.717, 1.165) is 46.7 Å². The second kappa shape index (κ2) is 10.4. The van der Waals surface area contributed by atoms with Gasteiger partial charge in [-0.1, -0.05) is 92.2 Å². The van der Waals surface area contributed by atoms with Crippen LogP contribution >= 0.6 is 0 Å². The number of fused-ring (bicyclic) bond motifs is 11. The fraction of sp³-hybridized carbons (Fsp3) is 0.0698. The molecule has 5 heteroatoms. The Balaban J connectivity index is 1.45. The van der Waals surface area contributed by atoms with Crippen LogP contribution in [0.3, 0.4) is 0 Å². The SMILES string of the molecule is CCCc1ccc(-n2c3c(ccc4c3c3ccccc3n4-c3ccccc3)c3ccc4c(c5ccccc5n4-c4ccccn4)c32)nc1. The van der Waals surface area contributed by atoms with Crippen molar-refractivity contribution in [1.29, 1.82) is 0 Å². The van der Waals surface area contributed by atoms with Crippen molar-refractivity contribution in [2.75, 3.05) is 0 Å². The van der Waals surface area contributed by atoms with Crippen molar-refractivity contribution in [3.8, 4) is 17.3 Å². The van der Waals surface area contributed by atoms with Gasteiger partial charge in [0.2, 0.25) is 0 Å². The molecule has 0 aliphatic heterocycles. The second-order valence-corrected chi connectivity index (χ2v) is 12.6. The Hall–Kier alpha value is -6.20. The van der Waals surface area contributed by atoms with E-state index in [1.165, 1.54) is 54.4 Å². The Labute approximate surface area is 276 Å². The summed E-state index contributed by atoms with van der Waals surface area (Å²) in [5, 5.41) is 7.26. The molecule has 0 amide bonds. The molecule has 0 N–H and O–H groups in total. The third-order valence-corrected chi connectivity index (χ3v) is 9.83. The number of benzene rings is 5. The van der Waals surface area contributed by atoms with E-state index in [2.05, 4.69) is 154 Å². The lowest BCUT2D eigenvalue weighted by Gasteiger charge is -2.11. The third-order valence-electron chi connectivity index (χ3n) is 9.83. The van der Waals surface area contributed by atoms with Crippen molar-refractivity contribution >= 4 is 65.4 Å². The number of aryl methyl sites for hydroxylation is 1. The van der Waals surface area contributed by atoms with E-state index < -0.39 is 0 Å². The molecule has 0 aliphatic rings. The van der Waals surface area contributed by atoms with Crippen LogP contribution in [-0.2, 0) is 6.42 Å². The van der Waals surface area contributed by atoms with E-state index >= 15 is 0 Å². The van der Waals surface area contributed by atoms with Gasteiger partial charge in [0.25, 0.3) is 0 Å². The quantitative estimate of drug-likeness (QED) is 0.193. The van der Waals surface area contributed by atoms with E-state index in [4.69, 9.17) is 9.97 Å². The molecule has 0 atom stereocenters. The topological polar surface area (TPSA) is 40.6 Å². The van der Waals surface area contributed by atoms with E-state index in [9.17, 15) is 0 Å². The van der Waals surface area contributed by atoms with Crippen LogP contribution in [-0.4, -0.2) is 23.7 Å². The van der Waals surface area contributed by atoms with Gasteiger partial charge in [-0.05, 0) is 66.6 Å². The zero-order valence-corrected chi connectivity index (χ0v) is 26.5. The molecule has 0 spiro atoms. The van der Waals surface area contributed by atoms with Crippen molar-refractivity contribution in [3.05, 3.63) is 151 Å². The van der Waals surface area contributed by atoms with Crippen LogP contribution in [0.5, 0.6) is 0 Å². The fourth-order valence-corrected chi connectivity index (χ4v) is 7.90. The average Bonchev–Trinajstić information content (AvgIpc) is 3.78. The molecule has 0 bridgehead atoms. The molecule has 5 nitrogen and oxygen atoms in total. The fourth-order valence-electron chi connectivity index (χ4n) is 7.90. The van der Waals surface area contributed by atoms with E-state index in [1.54, 1.807) is 0 Å². The minimum atomic E-state index is 0.904. The summed E-state index contributed by atoms with van der Waals surface area (Å²) in [7, 11) is 0. The summed E-state index contributed by atoms with van der Waals surface area (Å²) in [5.74, 6) is 1.82. The monoisotopic (exact) mass is 617 g/mol. The Morgan fingerprint density at radius 1 is 0.458 bits per heavy atom. The van der Waals surface area contributed by atoms with Crippen molar-refractivity contribution in [2.45, 2.75) is 19.8 Å². The average molecular weight is 618 g/mol. The van der Waals surface area contributed by atoms with Crippen molar-refractivity contribution in [3.63, 3.8) is 0 Å². The van der Waals surface area contributed by atoms with Gasteiger partial charge in [0.1, 0.15) is 11.6 Å². The summed E-state index contributed by atoms with van der Waals surface area (Å²) in [5.41, 5.74) is 9.35. The predicted octanol–water partition coefficient (Wildman–Crippen LogP) is 10.7. The van der Waals surface area contributed by atoms with Crippen LogP contribution in [0.4, 0.5) is 0 Å². The van der Waals surface area contributed by atoms with Gasteiger partial charge in [-0.2, -0.15) is 0 Å². The van der Waals surface area contributed by atoms with E-state index in [1.807, 2.05) is 12.3 Å². The molecule has 5 aromatic carbocycles. The number of nitrogens with zero attached hydrogens (tertiary/aromatic N) is 5.